The molecule has 48 heavy (non-hydrogen) atoms. The van der Waals surface area contributed by atoms with Crippen molar-refractivity contribution in [3.05, 3.63) is 157 Å². The molecule has 7 aromatic carbocycles. The van der Waals surface area contributed by atoms with Crippen molar-refractivity contribution in [2.24, 2.45) is 0 Å². The highest BCUT2D eigenvalue weighted by Crippen LogP contribution is 2.45. The normalized spacial score (nSPS) is 11.3. The first-order chi connectivity index (χ1) is 23.7. The van der Waals surface area contributed by atoms with Crippen LogP contribution in [0.4, 0.5) is 0 Å². The first-order valence-electron chi connectivity index (χ1n) is 15.7. The van der Waals surface area contributed by atoms with Crippen molar-refractivity contribution in [2.75, 3.05) is 0 Å². The topological polar surface area (TPSA) is 73.9 Å². The molecule has 0 amide bonds. The number of hydrogen-bond donors (Lipinski definition) is 0. The van der Waals surface area contributed by atoms with Gasteiger partial charge in [0.2, 0.25) is 0 Å². The second kappa shape index (κ2) is 10.9. The molecule has 0 fully saturated rings. The van der Waals surface area contributed by atoms with Crippen LogP contribution in [0.5, 0.6) is 0 Å². The van der Waals surface area contributed by atoms with E-state index >= 15 is 0 Å². The maximum absolute atomic E-state index is 10.8. The Kier molecular flexibility index (Phi) is 6.22. The van der Waals surface area contributed by atoms with Crippen molar-refractivity contribution in [3.8, 4) is 56.6 Å². The van der Waals surface area contributed by atoms with E-state index < -0.39 is 0 Å². The average molecular weight is 613 g/mol. The SMILES string of the molecule is N#Cc1cccc(-c2ccc3oc4cccc(-c5cc(-c6ccccc6)c(C#N)c(-c6cccc7oc8ccccc8c67)c5)c4c3c2)c1. The molecule has 9 aromatic rings. The largest absolute Gasteiger partial charge is 0.456 e. The Hall–Kier alpha value is -6.88. The number of fused-ring (bicyclic) bond motifs is 6. The van der Waals surface area contributed by atoms with Gasteiger partial charge in [-0.2, -0.15) is 10.5 Å². The Morgan fingerprint density at radius 1 is 0.375 bits per heavy atom. The lowest BCUT2D eigenvalue weighted by molar-refractivity contribution is 0.668. The first-order valence-corrected chi connectivity index (χ1v) is 15.7. The number of rotatable bonds is 4. The molecular weight excluding hydrogens is 588 g/mol. The molecule has 0 spiro atoms. The minimum Gasteiger partial charge on any atom is -0.456 e. The van der Waals surface area contributed by atoms with Crippen LogP contribution in [0.15, 0.2) is 154 Å². The Morgan fingerprint density at radius 2 is 1.00 bits per heavy atom. The maximum Gasteiger partial charge on any atom is 0.136 e. The quantitative estimate of drug-likeness (QED) is 0.198. The molecule has 222 valence electrons. The van der Waals surface area contributed by atoms with Crippen molar-refractivity contribution < 1.29 is 8.83 Å². The van der Waals surface area contributed by atoms with E-state index in [4.69, 9.17) is 8.83 Å². The molecule has 0 N–H and O–H groups in total. The van der Waals surface area contributed by atoms with Gasteiger partial charge in [-0.1, -0.05) is 91.0 Å². The van der Waals surface area contributed by atoms with E-state index in [9.17, 15) is 10.5 Å². The fourth-order valence-electron chi connectivity index (χ4n) is 6.99. The van der Waals surface area contributed by atoms with Crippen LogP contribution < -0.4 is 0 Å². The van der Waals surface area contributed by atoms with E-state index in [1.165, 1.54) is 0 Å². The van der Waals surface area contributed by atoms with Gasteiger partial charge in [-0.25, -0.2) is 0 Å². The van der Waals surface area contributed by atoms with E-state index in [0.717, 1.165) is 88.4 Å². The summed E-state index contributed by atoms with van der Waals surface area (Å²) in [7, 11) is 0. The Morgan fingerprint density at radius 3 is 1.79 bits per heavy atom. The third kappa shape index (κ3) is 4.29. The summed E-state index contributed by atoms with van der Waals surface area (Å²) in [6.07, 6.45) is 0. The van der Waals surface area contributed by atoms with Gasteiger partial charge in [0.1, 0.15) is 28.4 Å². The van der Waals surface area contributed by atoms with Gasteiger partial charge in [0.15, 0.2) is 0 Å². The Bertz CT molecular complexity index is 2810. The average Bonchev–Trinajstić information content (AvgIpc) is 3.73. The van der Waals surface area contributed by atoms with E-state index in [1.54, 1.807) is 0 Å². The van der Waals surface area contributed by atoms with Gasteiger partial charge < -0.3 is 8.83 Å². The summed E-state index contributed by atoms with van der Waals surface area (Å²) >= 11 is 0. The van der Waals surface area contributed by atoms with Crippen LogP contribution in [-0.4, -0.2) is 0 Å². The predicted octanol–water partition coefficient (Wildman–Crippen LogP) is 11.9. The van der Waals surface area contributed by atoms with Crippen molar-refractivity contribution in [3.63, 3.8) is 0 Å². The second-order valence-electron chi connectivity index (χ2n) is 11.9. The van der Waals surface area contributed by atoms with Crippen LogP contribution in [0, 0.1) is 22.7 Å². The molecule has 0 atom stereocenters. The van der Waals surface area contributed by atoms with Crippen molar-refractivity contribution in [2.45, 2.75) is 0 Å². The van der Waals surface area contributed by atoms with Crippen molar-refractivity contribution >= 4 is 43.9 Å². The molecule has 4 heteroatoms. The number of benzene rings is 7. The second-order valence-corrected chi connectivity index (χ2v) is 11.9. The fraction of sp³-hybridized carbons (Fsp3) is 0. The number of hydrogen-bond acceptors (Lipinski definition) is 4. The molecule has 4 nitrogen and oxygen atoms in total. The molecule has 0 aliphatic heterocycles. The zero-order chi connectivity index (χ0) is 32.2. The maximum atomic E-state index is 10.8. The van der Waals surface area contributed by atoms with Crippen LogP contribution in [0.25, 0.3) is 88.4 Å². The van der Waals surface area contributed by atoms with Crippen LogP contribution in [0.1, 0.15) is 11.1 Å². The highest BCUT2D eigenvalue weighted by molar-refractivity contribution is 6.16. The standard InChI is InChI=1S/C44H24N2O2/c45-25-27-9-6-12-29(21-27)30-19-20-40-37(22-30)43-32(14-7-17-41(43)48-40)31-23-35(28-10-2-1-3-11-28)38(26-46)36(24-31)33-15-8-18-42-44(33)34-13-4-5-16-39(34)47-42/h1-24H. The Balaban J connectivity index is 1.35. The number of furan rings is 2. The van der Waals surface area contributed by atoms with Gasteiger partial charge in [0, 0.05) is 32.7 Å². The number of para-hydroxylation sites is 1. The molecule has 2 aromatic heterocycles. The minimum absolute atomic E-state index is 0.603. The summed E-state index contributed by atoms with van der Waals surface area (Å²) in [6, 6.07) is 53.2. The molecule has 0 aliphatic carbocycles. The van der Waals surface area contributed by atoms with Crippen LogP contribution in [0.3, 0.4) is 0 Å². The summed E-state index contributed by atoms with van der Waals surface area (Å²) < 4.78 is 12.7. The minimum atomic E-state index is 0.603. The van der Waals surface area contributed by atoms with Crippen LogP contribution >= 0.6 is 0 Å². The van der Waals surface area contributed by atoms with Gasteiger partial charge in [-0.05, 0) is 88.0 Å². The summed E-state index contributed by atoms with van der Waals surface area (Å²) in [5, 5.41) is 24.2. The van der Waals surface area contributed by atoms with Gasteiger partial charge in [0.05, 0.1) is 17.2 Å². The zero-order valence-corrected chi connectivity index (χ0v) is 25.6. The molecule has 0 radical (unpaired) electrons. The van der Waals surface area contributed by atoms with Crippen LogP contribution in [0.2, 0.25) is 0 Å². The van der Waals surface area contributed by atoms with Gasteiger partial charge in [-0.15, -0.1) is 0 Å². The first kappa shape index (κ1) is 27.4. The third-order valence-electron chi connectivity index (χ3n) is 9.16. The van der Waals surface area contributed by atoms with E-state index in [1.807, 2.05) is 109 Å². The summed E-state index contributed by atoms with van der Waals surface area (Å²) in [6.45, 7) is 0. The molecule has 2 heterocycles. The van der Waals surface area contributed by atoms with E-state index in [2.05, 4.69) is 48.5 Å². The lowest BCUT2D eigenvalue weighted by atomic mass is 9.86. The smallest absolute Gasteiger partial charge is 0.136 e. The van der Waals surface area contributed by atoms with Gasteiger partial charge >= 0.3 is 0 Å². The third-order valence-corrected chi connectivity index (χ3v) is 9.16. The molecule has 0 saturated heterocycles. The van der Waals surface area contributed by atoms with Crippen molar-refractivity contribution in [1.82, 2.24) is 0 Å². The zero-order valence-electron chi connectivity index (χ0n) is 25.6. The lowest BCUT2D eigenvalue weighted by Crippen LogP contribution is -1.93. The molecule has 0 unspecified atom stereocenters. The summed E-state index contributed by atoms with van der Waals surface area (Å²) in [4.78, 5) is 0. The predicted molar refractivity (Wildman–Crippen MR) is 192 cm³/mol. The molecule has 0 saturated carbocycles. The molecular formula is C44H24N2O2. The molecule has 9 rings (SSSR count). The summed E-state index contributed by atoms with van der Waals surface area (Å²) in [5.74, 6) is 0. The highest BCUT2D eigenvalue weighted by Gasteiger charge is 2.21. The van der Waals surface area contributed by atoms with Crippen LogP contribution in [-0.2, 0) is 0 Å². The lowest BCUT2D eigenvalue weighted by Gasteiger charge is -2.15. The van der Waals surface area contributed by atoms with E-state index in [-0.39, 0.29) is 0 Å². The number of nitriles is 2. The number of nitrogens with zero attached hydrogens (tertiary/aromatic N) is 2. The molecule has 0 bridgehead atoms. The van der Waals surface area contributed by atoms with Crippen molar-refractivity contribution in [1.29, 1.82) is 10.5 Å². The van der Waals surface area contributed by atoms with Gasteiger partial charge in [0.25, 0.3) is 0 Å². The highest BCUT2D eigenvalue weighted by atomic mass is 16.3. The fourth-order valence-corrected chi connectivity index (χ4v) is 6.99. The monoisotopic (exact) mass is 612 g/mol. The van der Waals surface area contributed by atoms with Gasteiger partial charge in [-0.3, -0.25) is 0 Å². The summed E-state index contributed by atoms with van der Waals surface area (Å²) in [5.41, 5.74) is 11.9. The van der Waals surface area contributed by atoms with E-state index in [0.29, 0.717) is 11.1 Å². The molecule has 0 aliphatic rings. The Labute approximate surface area is 275 Å².